The number of nitrogen functional groups attached to an aromatic ring is 1. The molecular weight excluding hydrogens is 332 g/mol. The van der Waals surface area contributed by atoms with Crippen molar-refractivity contribution in [2.24, 2.45) is 0 Å². The van der Waals surface area contributed by atoms with Crippen molar-refractivity contribution < 1.29 is 0 Å². The predicted octanol–water partition coefficient (Wildman–Crippen LogP) is 1.17. The van der Waals surface area contributed by atoms with Crippen molar-refractivity contribution in [1.29, 1.82) is 0 Å². The maximum Gasteiger partial charge on any atom is 0.224 e. The summed E-state index contributed by atoms with van der Waals surface area (Å²) in [7, 11) is 0. The molecule has 4 aromatic rings. The van der Waals surface area contributed by atoms with Gasteiger partial charge in [0, 0.05) is 12.7 Å². The third-order valence-electron chi connectivity index (χ3n) is 4.50. The summed E-state index contributed by atoms with van der Waals surface area (Å²) in [6, 6.07) is 5.91. The van der Waals surface area contributed by atoms with E-state index in [1.807, 2.05) is 18.2 Å². The van der Waals surface area contributed by atoms with Gasteiger partial charge >= 0.3 is 0 Å². The third-order valence-corrected chi connectivity index (χ3v) is 4.50. The molecule has 26 heavy (non-hydrogen) atoms. The molecule has 0 radical (unpaired) electrons. The second-order valence-electron chi connectivity index (χ2n) is 6.26. The van der Waals surface area contributed by atoms with Gasteiger partial charge in [-0.25, -0.2) is 4.98 Å². The summed E-state index contributed by atoms with van der Waals surface area (Å²) in [5, 5.41) is 8.74. The van der Waals surface area contributed by atoms with E-state index in [9.17, 15) is 0 Å². The summed E-state index contributed by atoms with van der Waals surface area (Å²) in [4.78, 5) is 22.4. The second kappa shape index (κ2) is 5.48. The zero-order chi connectivity index (χ0) is 17.7. The van der Waals surface area contributed by atoms with Crippen LogP contribution in [0.1, 0.15) is 18.8 Å². The Bertz CT molecular complexity index is 1080. The molecule has 0 saturated carbocycles. The molecule has 5 rings (SSSR count). The number of nitrogens with one attached hydrogen (secondary N) is 1. The summed E-state index contributed by atoms with van der Waals surface area (Å²) in [6.07, 6.45) is 3.35. The lowest BCUT2D eigenvalue weighted by Crippen LogP contribution is -2.37. The van der Waals surface area contributed by atoms with Crippen LogP contribution in [0.3, 0.4) is 0 Å². The minimum atomic E-state index is 0.139. The summed E-state index contributed by atoms with van der Waals surface area (Å²) < 4.78 is 2.13. The van der Waals surface area contributed by atoms with E-state index in [4.69, 9.17) is 5.73 Å². The number of nitrogens with zero attached hydrogens (tertiary/aromatic N) is 8. The molecule has 4 aromatic heterocycles. The highest BCUT2D eigenvalue weighted by Crippen LogP contribution is 2.31. The normalized spacial score (nSPS) is 16.8. The Balaban J connectivity index is 1.57. The van der Waals surface area contributed by atoms with E-state index < -0.39 is 0 Å². The monoisotopic (exact) mass is 348 g/mol. The molecule has 0 unspecified atom stereocenters. The summed E-state index contributed by atoms with van der Waals surface area (Å²) in [5.74, 6) is 2.56. The number of aromatic nitrogens is 8. The molecule has 0 amide bonds. The number of hydrogen-bond acceptors (Lipinski definition) is 8. The Kier molecular flexibility index (Phi) is 3.11. The molecule has 10 nitrogen and oxygen atoms in total. The topological polar surface area (TPSA) is 127 Å². The third kappa shape index (κ3) is 2.19. The van der Waals surface area contributed by atoms with Gasteiger partial charge in [0.2, 0.25) is 5.95 Å². The van der Waals surface area contributed by atoms with E-state index in [2.05, 4.69) is 51.5 Å². The highest BCUT2D eigenvalue weighted by molar-refractivity contribution is 5.84. The number of rotatable bonds is 2. The Morgan fingerprint density at radius 2 is 2.12 bits per heavy atom. The van der Waals surface area contributed by atoms with Crippen LogP contribution >= 0.6 is 0 Å². The van der Waals surface area contributed by atoms with Gasteiger partial charge < -0.3 is 20.2 Å². The van der Waals surface area contributed by atoms with Crippen molar-refractivity contribution in [3.05, 3.63) is 36.5 Å². The van der Waals surface area contributed by atoms with Crippen molar-refractivity contribution >= 4 is 22.9 Å². The van der Waals surface area contributed by atoms with Crippen molar-refractivity contribution in [3.63, 3.8) is 0 Å². The summed E-state index contributed by atoms with van der Waals surface area (Å²) in [5.41, 5.74) is 7.99. The number of imidazole rings is 1. The molecule has 0 aliphatic carbocycles. The molecule has 130 valence electrons. The largest absolute Gasteiger partial charge is 0.368 e. The first-order valence-corrected chi connectivity index (χ1v) is 8.27. The molecule has 5 heterocycles. The number of H-pyrrole nitrogens is 1. The van der Waals surface area contributed by atoms with Gasteiger partial charge in [0.1, 0.15) is 11.2 Å². The Morgan fingerprint density at radius 1 is 1.19 bits per heavy atom. The predicted molar refractivity (Wildman–Crippen MR) is 95.1 cm³/mol. The van der Waals surface area contributed by atoms with Crippen LogP contribution in [0.25, 0.3) is 22.7 Å². The maximum atomic E-state index is 5.86. The number of anilines is 2. The van der Waals surface area contributed by atoms with Crippen LogP contribution in [0.5, 0.6) is 0 Å². The van der Waals surface area contributed by atoms with Crippen LogP contribution in [-0.4, -0.2) is 46.2 Å². The van der Waals surface area contributed by atoms with Gasteiger partial charge in [-0.05, 0) is 19.1 Å². The molecule has 0 saturated heterocycles. The molecule has 0 bridgehead atoms. The first-order chi connectivity index (χ1) is 12.7. The fraction of sp³-hybridized carbons (Fsp3) is 0.250. The highest BCUT2D eigenvalue weighted by Gasteiger charge is 2.29. The standard InChI is InChI=1S/C16H16N10/c1-9-6-25(15-12-13(20-8-19-12)21-16(17)22-15)7-11-23-24-14(26(9)11)10-4-2-3-5-18-10/h2-5,8-9H,6-7H2,1H3,(H3,17,19,20,21,22)/t9-/m0/s1. The van der Waals surface area contributed by atoms with Gasteiger partial charge in [0.05, 0.1) is 18.9 Å². The zero-order valence-corrected chi connectivity index (χ0v) is 14.0. The van der Waals surface area contributed by atoms with Gasteiger partial charge in [0.15, 0.2) is 23.1 Å². The van der Waals surface area contributed by atoms with E-state index in [1.54, 1.807) is 12.5 Å². The number of aromatic amines is 1. The first kappa shape index (κ1) is 14.8. The van der Waals surface area contributed by atoms with Gasteiger partial charge in [-0.15, -0.1) is 10.2 Å². The quantitative estimate of drug-likeness (QED) is 0.552. The first-order valence-electron chi connectivity index (χ1n) is 8.27. The van der Waals surface area contributed by atoms with Crippen LogP contribution in [0.2, 0.25) is 0 Å². The molecular formula is C16H16N10. The number of hydrogen-bond donors (Lipinski definition) is 2. The SMILES string of the molecule is C[C@H]1CN(c2nc(N)nc3nc[nH]c23)Cc2nnc(-c3ccccn3)n21. The van der Waals surface area contributed by atoms with Crippen molar-refractivity contribution in [2.75, 3.05) is 17.2 Å². The zero-order valence-electron chi connectivity index (χ0n) is 14.0. The van der Waals surface area contributed by atoms with E-state index in [-0.39, 0.29) is 12.0 Å². The molecule has 0 spiro atoms. The molecule has 10 heteroatoms. The highest BCUT2D eigenvalue weighted by atomic mass is 15.4. The minimum Gasteiger partial charge on any atom is -0.368 e. The van der Waals surface area contributed by atoms with Gasteiger partial charge in [-0.2, -0.15) is 9.97 Å². The van der Waals surface area contributed by atoms with E-state index >= 15 is 0 Å². The van der Waals surface area contributed by atoms with Crippen molar-refractivity contribution in [3.8, 4) is 11.5 Å². The average Bonchev–Trinajstić information content (AvgIpc) is 3.28. The fourth-order valence-electron chi connectivity index (χ4n) is 3.42. The molecule has 1 aliphatic heterocycles. The number of pyridine rings is 1. The lowest BCUT2D eigenvalue weighted by molar-refractivity contribution is 0.465. The van der Waals surface area contributed by atoms with Crippen LogP contribution in [0.4, 0.5) is 11.8 Å². The van der Waals surface area contributed by atoms with E-state index in [0.29, 0.717) is 12.2 Å². The molecule has 3 N–H and O–H groups in total. The average molecular weight is 348 g/mol. The van der Waals surface area contributed by atoms with Crippen LogP contribution in [-0.2, 0) is 6.54 Å². The number of fused-ring (bicyclic) bond motifs is 2. The molecule has 0 fully saturated rings. The Labute approximate surface area is 148 Å². The smallest absolute Gasteiger partial charge is 0.224 e. The lowest BCUT2D eigenvalue weighted by atomic mass is 10.2. The van der Waals surface area contributed by atoms with Crippen LogP contribution < -0.4 is 10.6 Å². The van der Waals surface area contributed by atoms with Crippen LogP contribution in [0.15, 0.2) is 30.7 Å². The lowest BCUT2D eigenvalue weighted by Gasteiger charge is -2.33. The molecule has 1 atom stereocenters. The summed E-state index contributed by atoms with van der Waals surface area (Å²) >= 11 is 0. The summed E-state index contributed by atoms with van der Waals surface area (Å²) in [6.45, 7) is 3.42. The van der Waals surface area contributed by atoms with Crippen molar-refractivity contribution in [1.82, 2.24) is 39.7 Å². The van der Waals surface area contributed by atoms with E-state index in [0.717, 1.165) is 35.2 Å². The van der Waals surface area contributed by atoms with E-state index in [1.165, 1.54) is 0 Å². The number of nitrogens with two attached hydrogens (primary N) is 1. The Hall–Kier alpha value is -3.56. The maximum absolute atomic E-state index is 5.86. The van der Waals surface area contributed by atoms with Gasteiger partial charge in [-0.1, -0.05) is 6.07 Å². The van der Waals surface area contributed by atoms with Crippen molar-refractivity contribution in [2.45, 2.75) is 19.5 Å². The molecule has 1 aliphatic rings. The van der Waals surface area contributed by atoms with Gasteiger partial charge in [-0.3, -0.25) is 4.98 Å². The fourth-order valence-corrected chi connectivity index (χ4v) is 3.42. The minimum absolute atomic E-state index is 0.139. The second-order valence-corrected chi connectivity index (χ2v) is 6.26. The Morgan fingerprint density at radius 3 is 2.96 bits per heavy atom. The van der Waals surface area contributed by atoms with Gasteiger partial charge in [0.25, 0.3) is 0 Å². The van der Waals surface area contributed by atoms with Crippen LogP contribution in [0, 0.1) is 0 Å². The molecule has 0 aromatic carbocycles.